The minimum absolute atomic E-state index is 0.0754. The molecule has 32 heavy (non-hydrogen) atoms. The zero-order valence-corrected chi connectivity index (χ0v) is 17.6. The van der Waals surface area contributed by atoms with Gasteiger partial charge in [0, 0.05) is 43.6 Å². The highest BCUT2D eigenvalue weighted by atomic mass is 19.1. The van der Waals surface area contributed by atoms with E-state index in [2.05, 4.69) is 16.0 Å². The Kier molecular flexibility index (Phi) is 6.26. The molecule has 0 spiro atoms. The van der Waals surface area contributed by atoms with E-state index < -0.39 is 0 Å². The molecule has 1 amide bonds. The van der Waals surface area contributed by atoms with Crippen LogP contribution in [-0.2, 0) is 6.61 Å². The van der Waals surface area contributed by atoms with Gasteiger partial charge in [-0.3, -0.25) is 4.79 Å². The van der Waals surface area contributed by atoms with E-state index in [9.17, 15) is 14.4 Å². The van der Waals surface area contributed by atoms with Crippen LogP contribution in [0.25, 0.3) is 0 Å². The summed E-state index contributed by atoms with van der Waals surface area (Å²) in [5.41, 5.74) is 1.67. The predicted octanol–water partition coefficient (Wildman–Crippen LogP) is 3.42. The summed E-state index contributed by atoms with van der Waals surface area (Å²) in [5, 5.41) is 9.29. The number of nitriles is 1. The maximum Gasteiger partial charge on any atom is 0.254 e. The van der Waals surface area contributed by atoms with Crippen LogP contribution >= 0.6 is 0 Å². The number of hydrogen-bond acceptors (Lipinski definition) is 6. The molecule has 1 atom stereocenters. The van der Waals surface area contributed by atoms with Crippen LogP contribution in [0.4, 0.5) is 10.2 Å². The van der Waals surface area contributed by atoms with Crippen LogP contribution in [0.15, 0.2) is 60.9 Å². The lowest BCUT2D eigenvalue weighted by Gasteiger charge is -2.40. The Morgan fingerprint density at radius 1 is 1.19 bits per heavy atom. The van der Waals surface area contributed by atoms with Crippen molar-refractivity contribution in [3.8, 4) is 11.8 Å². The molecule has 1 aliphatic heterocycles. The maximum absolute atomic E-state index is 13.2. The average molecular weight is 431 g/mol. The number of amides is 1. The van der Waals surface area contributed by atoms with Gasteiger partial charge in [-0.15, -0.1) is 0 Å². The Hall–Kier alpha value is -3.99. The first-order valence-corrected chi connectivity index (χ1v) is 10.3. The van der Waals surface area contributed by atoms with Crippen molar-refractivity contribution in [3.63, 3.8) is 0 Å². The molecule has 8 heteroatoms. The summed E-state index contributed by atoms with van der Waals surface area (Å²) in [4.78, 5) is 25.3. The molecular weight excluding hydrogens is 409 g/mol. The third-order valence-corrected chi connectivity index (χ3v) is 5.37. The van der Waals surface area contributed by atoms with Crippen LogP contribution in [0.1, 0.15) is 28.5 Å². The molecule has 0 aliphatic carbocycles. The van der Waals surface area contributed by atoms with Crippen molar-refractivity contribution < 1.29 is 13.9 Å². The zero-order valence-electron chi connectivity index (χ0n) is 17.6. The van der Waals surface area contributed by atoms with Crippen molar-refractivity contribution in [2.24, 2.45) is 0 Å². The lowest BCUT2D eigenvalue weighted by Crippen LogP contribution is -2.54. The quantitative estimate of drug-likeness (QED) is 0.616. The molecule has 2 heterocycles. The van der Waals surface area contributed by atoms with E-state index in [0.29, 0.717) is 36.8 Å². The molecule has 0 saturated carbocycles. The van der Waals surface area contributed by atoms with Gasteiger partial charge in [-0.25, -0.2) is 14.4 Å². The standard InChI is InChI=1S/C24H22FN5O2/c1-17-15-29(23-22(14-26)27-9-10-28-23)11-12-30(17)24(31)19-3-2-4-21(13-19)32-16-18-5-7-20(25)8-6-18/h2-10,13,17H,11-12,15-16H2,1H3. The Bertz CT molecular complexity index is 1150. The second kappa shape index (κ2) is 9.43. The van der Waals surface area contributed by atoms with Gasteiger partial charge in [0.05, 0.1) is 0 Å². The summed E-state index contributed by atoms with van der Waals surface area (Å²) in [6.07, 6.45) is 3.06. The number of carbonyl (C=O) groups is 1. The number of hydrogen-bond donors (Lipinski definition) is 0. The number of halogens is 1. The van der Waals surface area contributed by atoms with Gasteiger partial charge in [-0.2, -0.15) is 5.26 Å². The molecule has 1 aromatic heterocycles. The molecule has 0 radical (unpaired) electrons. The van der Waals surface area contributed by atoms with E-state index in [1.54, 1.807) is 42.6 Å². The first-order chi connectivity index (χ1) is 15.5. The minimum Gasteiger partial charge on any atom is -0.489 e. The highest BCUT2D eigenvalue weighted by molar-refractivity contribution is 5.95. The zero-order chi connectivity index (χ0) is 22.5. The van der Waals surface area contributed by atoms with Crippen molar-refractivity contribution in [1.29, 1.82) is 5.26 Å². The molecule has 3 aromatic rings. The number of aromatic nitrogens is 2. The normalized spacial score (nSPS) is 15.8. The molecule has 1 aliphatic rings. The summed E-state index contributed by atoms with van der Waals surface area (Å²) in [7, 11) is 0. The molecule has 1 unspecified atom stereocenters. The van der Waals surface area contributed by atoms with Crippen LogP contribution in [-0.4, -0.2) is 46.5 Å². The summed E-state index contributed by atoms with van der Waals surface area (Å²) in [5.74, 6) is 0.748. The summed E-state index contributed by atoms with van der Waals surface area (Å²) in [6, 6.07) is 15.2. The molecule has 2 aromatic carbocycles. The Labute approximate surface area is 185 Å². The average Bonchev–Trinajstić information content (AvgIpc) is 2.83. The molecule has 7 nitrogen and oxygen atoms in total. The predicted molar refractivity (Wildman–Crippen MR) is 117 cm³/mol. The van der Waals surface area contributed by atoms with Crippen LogP contribution in [0.2, 0.25) is 0 Å². The van der Waals surface area contributed by atoms with Gasteiger partial charge in [0.15, 0.2) is 11.5 Å². The summed E-state index contributed by atoms with van der Waals surface area (Å²) < 4.78 is 18.8. The Morgan fingerprint density at radius 2 is 1.97 bits per heavy atom. The van der Waals surface area contributed by atoms with Crippen LogP contribution in [0.5, 0.6) is 5.75 Å². The summed E-state index contributed by atoms with van der Waals surface area (Å²) >= 11 is 0. The topological polar surface area (TPSA) is 82.4 Å². The van der Waals surface area contributed by atoms with Gasteiger partial charge in [-0.1, -0.05) is 18.2 Å². The second-order valence-corrected chi connectivity index (χ2v) is 7.58. The first-order valence-electron chi connectivity index (χ1n) is 10.3. The van der Waals surface area contributed by atoms with E-state index in [4.69, 9.17) is 4.74 Å². The van der Waals surface area contributed by atoms with Gasteiger partial charge >= 0.3 is 0 Å². The fourth-order valence-corrected chi connectivity index (χ4v) is 3.72. The lowest BCUT2D eigenvalue weighted by molar-refractivity contribution is 0.0673. The van der Waals surface area contributed by atoms with E-state index >= 15 is 0 Å². The van der Waals surface area contributed by atoms with Crippen LogP contribution in [0, 0.1) is 17.1 Å². The number of ether oxygens (including phenoxy) is 1. The minimum atomic E-state index is -0.293. The van der Waals surface area contributed by atoms with Crippen LogP contribution in [0.3, 0.4) is 0 Å². The molecule has 0 bridgehead atoms. The molecule has 1 fully saturated rings. The third kappa shape index (κ3) is 4.67. The molecular formula is C24H22FN5O2. The van der Waals surface area contributed by atoms with Crippen molar-refractivity contribution in [1.82, 2.24) is 14.9 Å². The third-order valence-electron chi connectivity index (χ3n) is 5.37. The largest absolute Gasteiger partial charge is 0.489 e. The Morgan fingerprint density at radius 3 is 2.72 bits per heavy atom. The SMILES string of the molecule is CC1CN(c2nccnc2C#N)CCN1C(=O)c1cccc(OCc2ccc(F)cc2)c1. The number of rotatable bonds is 5. The van der Waals surface area contributed by atoms with Crippen molar-refractivity contribution in [2.75, 3.05) is 24.5 Å². The number of anilines is 1. The van der Waals surface area contributed by atoms with Gasteiger partial charge in [-0.05, 0) is 42.8 Å². The fourth-order valence-electron chi connectivity index (χ4n) is 3.72. The number of benzene rings is 2. The van der Waals surface area contributed by atoms with Crippen LogP contribution < -0.4 is 9.64 Å². The Balaban J connectivity index is 1.41. The van der Waals surface area contributed by atoms with E-state index in [-0.39, 0.29) is 30.1 Å². The smallest absolute Gasteiger partial charge is 0.254 e. The highest BCUT2D eigenvalue weighted by Crippen LogP contribution is 2.22. The number of carbonyl (C=O) groups excluding carboxylic acids is 1. The van der Waals surface area contributed by atoms with E-state index in [0.717, 1.165) is 5.56 Å². The van der Waals surface area contributed by atoms with Crippen molar-refractivity contribution in [2.45, 2.75) is 19.6 Å². The monoisotopic (exact) mass is 431 g/mol. The molecule has 162 valence electrons. The number of nitrogens with zero attached hydrogens (tertiary/aromatic N) is 5. The van der Waals surface area contributed by atoms with Gasteiger partial charge < -0.3 is 14.5 Å². The highest BCUT2D eigenvalue weighted by Gasteiger charge is 2.30. The van der Waals surface area contributed by atoms with Gasteiger partial charge in [0.2, 0.25) is 0 Å². The second-order valence-electron chi connectivity index (χ2n) is 7.58. The first kappa shape index (κ1) is 21.2. The molecule has 4 rings (SSSR count). The van der Waals surface area contributed by atoms with E-state index in [1.807, 2.05) is 16.7 Å². The van der Waals surface area contributed by atoms with Crippen molar-refractivity contribution >= 4 is 11.7 Å². The van der Waals surface area contributed by atoms with Gasteiger partial charge in [0.25, 0.3) is 5.91 Å². The molecule has 1 saturated heterocycles. The maximum atomic E-state index is 13.2. The molecule has 0 N–H and O–H groups in total. The van der Waals surface area contributed by atoms with Crippen molar-refractivity contribution in [3.05, 3.63) is 83.6 Å². The fraction of sp³-hybridized carbons (Fsp3) is 0.250. The summed E-state index contributed by atoms with van der Waals surface area (Å²) in [6.45, 7) is 3.87. The van der Waals surface area contributed by atoms with E-state index in [1.165, 1.54) is 18.3 Å². The lowest BCUT2D eigenvalue weighted by atomic mass is 10.1. The van der Waals surface area contributed by atoms with Gasteiger partial charge in [0.1, 0.15) is 24.2 Å². The number of piperazine rings is 1.